The van der Waals surface area contributed by atoms with Crippen molar-refractivity contribution in [3.05, 3.63) is 0 Å². The van der Waals surface area contributed by atoms with E-state index in [0.717, 1.165) is 12.1 Å². The predicted molar refractivity (Wildman–Crippen MR) is 58.4 cm³/mol. The van der Waals surface area contributed by atoms with Gasteiger partial charge in [0, 0.05) is 6.42 Å². The van der Waals surface area contributed by atoms with Gasteiger partial charge in [-0.3, -0.25) is 0 Å². The molecule has 0 aromatic rings. The van der Waals surface area contributed by atoms with Crippen LogP contribution in [0.25, 0.3) is 0 Å². The molecule has 2 saturated heterocycles. The molecule has 0 bridgehead atoms. The van der Waals surface area contributed by atoms with Gasteiger partial charge in [0.25, 0.3) is 0 Å². The van der Waals surface area contributed by atoms with Gasteiger partial charge in [0.05, 0.1) is 19.1 Å². The second-order valence-corrected chi connectivity index (χ2v) is 5.29. The van der Waals surface area contributed by atoms with Gasteiger partial charge in [0.15, 0.2) is 0 Å². The summed E-state index contributed by atoms with van der Waals surface area (Å²) in [6, 6.07) is 1.87. The predicted octanol–water partition coefficient (Wildman–Crippen LogP) is -0.440. The summed E-state index contributed by atoms with van der Waals surface area (Å²) in [6.07, 6.45) is 8.79. The number of hydrogen-bond acceptors (Lipinski definition) is 0. The first-order valence-corrected chi connectivity index (χ1v) is 6.54. The molecule has 0 aromatic heterocycles. The van der Waals surface area contributed by atoms with Gasteiger partial charge < -0.3 is 10.2 Å². The van der Waals surface area contributed by atoms with Crippen molar-refractivity contribution in [2.75, 3.05) is 19.6 Å². The number of nitrogens with one attached hydrogen (secondary N) is 1. The van der Waals surface area contributed by atoms with Gasteiger partial charge in [-0.05, 0) is 39.0 Å². The quantitative estimate of drug-likeness (QED) is 0.600. The van der Waals surface area contributed by atoms with Crippen LogP contribution in [0.3, 0.4) is 0 Å². The molecule has 2 heteroatoms. The number of nitrogens with two attached hydrogens (primary N) is 1. The Labute approximate surface area is 88.1 Å². The summed E-state index contributed by atoms with van der Waals surface area (Å²) in [4.78, 5) is 1.89. The van der Waals surface area contributed by atoms with Crippen molar-refractivity contribution in [3.8, 4) is 0 Å². The molecule has 2 heterocycles. The van der Waals surface area contributed by atoms with Crippen LogP contribution in [0.1, 0.15) is 45.4 Å². The van der Waals surface area contributed by atoms with E-state index in [1.54, 1.807) is 0 Å². The van der Waals surface area contributed by atoms with Crippen molar-refractivity contribution in [2.24, 2.45) is 0 Å². The Bertz CT molecular complexity index is 164. The summed E-state index contributed by atoms with van der Waals surface area (Å²) in [7, 11) is 0. The maximum atomic E-state index is 2.60. The van der Waals surface area contributed by atoms with Crippen LogP contribution in [-0.2, 0) is 0 Å². The molecule has 1 unspecified atom stereocenters. The zero-order chi connectivity index (χ0) is 9.80. The first-order chi connectivity index (χ1) is 6.86. The number of quaternary nitrogens is 2. The summed E-state index contributed by atoms with van der Waals surface area (Å²) in [5.74, 6) is 0. The second-order valence-electron chi connectivity index (χ2n) is 5.29. The van der Waals surface area contributed by atoms with E-state index in [1.807, 2.05) is 4.90 Å². The van der Waals surface area contributed by atoms with Crippen molar-refractivity contribution in [1.82, 2.24) is 0 Å². The fourth-order valence-electron chi connectivity index (χ4n) is 3.10. The lowest BCUT2D eigenvalue weighted by Crippen LogP contribution is -3.19. The summed E-state index contributed by atoms with van der Waals surface area (Å²) < 4.78 is 0. The molecule has 0 spiro atoms. The molecule has 2 aliphatic rings. The molecule has 2 aliphatic heterocycles. The van der Waals surface area contributed by atoms with Crippen molar-refractivity contribution >= 4 is 0 Å². The topological polar surface area (TPSA) is 21.1 Å². The first kappa shape index (κ1) is 10.4. The minimum Gasteiger partial charge on any atom is -0.339 e. The van der Waals surface area contributed by atoms with E-state index in [0.29, 0.717) is 0 Å². The molecule has 82 valence electrons. The van der Waals surface area contributed by atoms with Crippen LogP contribution in [0.5, 0.6) is 0 Å². The van der Waals surface area contributed by atoms with Crippen molar-refractivity contribution in [2.45, 2.75) is 57.5 Å². The zero-order valence-electron chi connectivity index (χ0n) is 9.60. The third kappa shape index (κ3) is 2.71. The molecule has 0 amide bonds. The molecule has 14 heavy (non-hydrogen) atoms. The highest BCUT2D eigenvalue weighted by atomic mass is 15.2. The summed E-state index contributed by atoms with van der Waals surface area (Å²) in [5.41, 5.74) is 0. The minimum absolute atomic E-state index is 0.930. The zero-order valence-corrected chi connectivity index (χ0v) is 9.60. The highest BCUT2D eigenvalue weighted by molar-refractivity contribution is 4.61. The van der Waals surface area contributed by atoms with Gasteiger partial charge in [-0.1, -0.05) is 0 Å². The maximum absolute atomic E-state index is 2.60. The Balaban J connectivity index is 1.76. The Morgan fingerprint density at radius 1 is 1.14 bits per heavy atom. The fourth-order valence-corrected chi connectivity index (χ4v) is 3.10. The van der Waals surface area contributed by atoms with Gasteiger partial charge in [-0.25, -0.2) is 0 Å². The Morgan fingerprint density at radius 2 is 2.00 bits per heavy atom. The average Bonchev–Trinajstić information content (AvgIpc) is 2.23. The van der Waals surface area contributed by atoms with Gasteiger partial charge >= 0.3 is 0 Å². The normalized spacial score (nSPS) is 39.6. The van der Waals surface area contributed by atoms with Crippen LogP contribution < -0.4 is 10.2 Å². The third-order valence-corrected chi connectivity index (χ3v) is 4.14. The minimum atomic E-state index is 0.930. The highest BCUT2D eigenvalue weighted by Crippen LogP contribution is 2.03. The molecule has 3 N–H and O–H groups in total. The monoisotopic (exact) mass is 198 g/mol. The summed E-state index contributed by atoms with van der Waals surface area (Å²) in [6.45, 7) is 6.69. The maximum Gasteiger partial charge on any atom is 0.135 e. The largest absolute Gasteiger partial charge is 0.339 e. The van der Waals surface area contributed by atoms with E-state index in [9.17, 15) is 0 Å². The van der Waals surface area contributed by atoms with E-state index in [4.69, 9.17) is 0 Å². The van der Waals surface area contributed by atoms with Crippen molar-refractivity contribution < 1.29 is 10.2 Å². The van der Waals surface area contributed by atoms with Crippen LogP contribution in [0, 0.1) is 0 Å². The van der Waals surface area contributed by atoms with E-state index in [1.165, 1.54) is 58.2 Å². The lowest BCUT2D eigenvalue weighted by Gasteiger charge is -2.33. The van der Waals surface area contributed by atoms with Crippen molar-refractivity contribution in [1.29, 1.82) is 0 Å². The Morgan fingerprint density at radius 3 is 2.71 bits per heavy atom. The van der Waals surface area contributed by atoms with E-state index in [-0.39, 0.29) is 0 Å². The molecule has 2 rings (SSSR count). The van der Waals surface area contributed by atoms with Crippen LogP contribution >= 0.6 is 0 Å². The Hall–Kier alpha value is -0.0800. The molecule has 0 aromatic carbocycles. The molecule has 0 saturated carbocycles. The van der Waals surface area contributed by atoms with Crippen molar-refractivity contribution in [3.63, 3.8) is 0 Å². The summed E-state index contributed by atoms with van der Waals surface area (Å²) in [5, 5.41) is 2.60. The summed E-state index contributed by atoms with van der Waals surface area (Å²) >= 11 is 0. The van der Waals surface area contributed by atoms with Gasteiger partial charge in [-0.15, -0.1) is 0 Å². The molecule has 3 atom stereocenters. The molecule has 0 radical (unpaired) electrons. The van der Waals surface area contributed by atoms with Crippen LogP contribution in [-0.4, -0.2) is 31.7 Å². The number of hydrogen-bond donors (Lipinski definition) is 2. The average molecular weight is 198 g/mol. The molecule has 2 nitrogen and oxygen atoms in total. The van der Waals surface area contributed by atoms with Crippen LogP contribution in [0.15, 0.2) is 0 Å². The fraction of sp³-hybridized carbons (Fsp3) is 1.00. The van der Waals surface area contributed by atoms with Gasteiger partial charge in [0.2, 0.25) is 0 Å². The molecule has 2 fully saturated rings. The SMILES string of the molecule is C[C@@H]1CCCC[NH+]1C[C@@H]1CCCC[NH2+]1. The van der Waals surface area contributed by atoms with Gasteiger partial charge in [-0.2, -0.15) is 0 Å². The second kappa shape index (κ2) is 5.13. The number of likely N-dealkylation sites (tertiary alicyclic amines) is 1. The lowest BCUT2D eigenvalue weighted by molar-refractivity contribution is -0.945. The first-order valence-electron chi connectivity index (χ1n) is 6.54. The number of piperidine rings is 2. The van der Waals surface area contributed by atoms with Crippen LogP contribution in [0.2, 0.25) is 0 Å². The molecule has 0 aliphatic carbocycles. The molecular formula is C12H26N2+2. The van der Waals surface area contributed by atoms with Gasteiger partial charge in [0.1, 0.15) is 12.6 Å². The Kier molecular flexibility index (Phi) is 3.82. The van der Waals surface area contributed by atoms with E-state index >= 15 is 0 Å². The highest BCUT2D eigenvalue weighted by Gasteiger charge is 2.27. The van der Waals surface area contributed by atoms with Crippen LogP contribution in [0.4, 0.5) is 0 Å². The third-order valence-electron chi connectivity index (χ3n) is 4.14. The van der Waals surface area contributed by atoms with E-state index in [2.05, 4.69) is 12.2 Å². The number of rotatable bonds is 2. The van der Waals surface area contributed by atoms with E-state index < -0.39 is 0 Å². The lowest BCUT2D eigenvalue weighted by atomic mass is 10.00. The standard InChI is InChI=1S/C12H24N2/c1-11-6-3-5-9-14(11)10-12-7-2-4-8-13-12/h11-13H,2-10H2,1H3/p+2/t11-,12+/m1/s1. The molecular weight excluding hydrogens is 172 g/mol. The smallest absolute Gasteiger partial charge is 0.135 e.